The van der Waals surface area contributed by atoms with Gasteiger partial charge in [0.15, 0.2) is 0 Å². The van der Waals surface area contributed by atoms with E-state index in [0.29, 0.717) is 5.02 Å². The van der Waals surface area contributed by atoms with Crippen LogP contribution in [0.15, 0.2) is 24.3 Å². The maximum absolute atomic E-state index is 12.0. The van der Waals surface area contributed by atoms with E-state index >= 15 is 0 Å². The molecule has 0 spiro atoms. The van der Waals surface area contributed by atoms with Crippen LogP contribution in [0.4, 0.5) is 5.69 Å². The summed E-state index contributed by atoms with van der Waals surface area (Å²) in [4.78, 5) is 12.0. The first-order chi connectivity index (χ1) is 7.60. The van der Waals surface area contributed by atoms with Crippen molar-refractivity contribution in [3.63, 3.8) is 0 Å². The van der Waals surface area contributed by atoms with Crippen molar-refractivity contribution in [2.75, 3.05) is 18.4 Å². The van der Waals surface area contributed by atoms with E-state index in [2.05, 4.69) is 10.6 Å². The molecule has 0 aliphatic carbocycles. The van der Waals surface area contributed by atoms with Crippen molar-refractivity contribution in [2.24, 2.45) is 5.41 Å². The van der Waals surface area contributed by atoms with Gasteiger partial charge in [-0.2, -0.15) is 0 Å². The Morgan fingerprint density at radius 2 is 2.12 bits per heavy atom. The molecule has 1 aliphatic rings. The van der Waals surface area contributed by atoms with Gasteiger partial charge >= 0.3 is 0 Å². The van der Waals surface area contributed by atoms with E-state index in [1.54, 1.807) is 12.1 Å². The Labute approximate surface area is 100 Å². The van der Waals surface area contributed by atoms with Crippen molar-refractivity contribution in [3.8, 4) is 0 Å². The normalized spacial score (nSPS) is 24.4. The summed E-state index contributed by atoms with van der Waals surface area (Å²) in [5, 5.41) is 6.79. The van der Waals surface area contributed by atoms with Crippen molar-refractivity contribution in [1.29, 1.82) is 0 Å². The Hall–Kier alpha value is -1.06. The molecule has 2 N–H and O–H groups in total. The lowest BCUT2D eigenvalue weighted by Crippen LogP contribution is -2.35. The van der Waals surface area contributed by atoms with Crippen molar-refractivity contribution in [1.82, 2.24) is 5.32 Å². The Morgan fingerprint density at radius 1 is 1.44 bits per heavy atom. The average Bonchev–Trinajstić information content (AvgIpc) is 2.70. The van der Waals surface area contributed by atoms with Crippen LogP contribution >= 0.6 is 11.6 Å². The number of carbonyl (C=O) groups is 1. The molecule has 4 heteroatoms. The first-order valence-corrected chi connectivity index (χ1v) is 5.76. The lowest BCUT2D eigenvalue weighted by atomic mass is 9.89. The number of rotatable bonds is 2. The highest BCUT2D eigenvalue weighted by atomic mass is 35.5. The molecular formula is C12H15ClN2O. The summed E-state index contributed by atoms with van der Waals surface area (Å²) < 4.78 is 0. The molecule has 16 heavy (non-hydrogen) atoms. The Balaban J connectivity index is 2.04. The van der Waals surface area contributed by atoms with Gasteiger partial charge in [0.05, 0.1) is 5.41 Å². The van der Waals surface area contributed by atoms with Gasteiger partial charge in [0.25, 0.3) is 0 Å². The summed E-state index contributed by atoms with van der Waals surface area (Å²) >= 11 is 5.78. The summed E-state index contributed by atoms with van der Waals surface area (Å²) in [5.74, 6) is 0.0693. The summed E-state index contributed by atoms with van der Waals surface area (Å²) in [6.45, 7) is 3.63. The fourth-order valence-corrected chi connectivity index (χ4v) is 1.95. The molecule has 1 atom stereocenters. The first-order valence-electron chi connectivity index (χ1n) is 5.38. The van der Waals surface area contributed by atoms with Crippen LogP contribution in [0.1, 0.15) is 13.3 Å². The lowest BCUT2D eigenvalue weighted by molar-refractivity contribution is -0.123. The molecule has 1 heterocycles. The lowest BCUT2D eigenvalue weighted by Gasteiger charge is -2.21. The fourth-order valence-electron chi connectivity index (χ4n) is 1.83. The van der Waals surface area contributed by atoms with Gasteiger partial charge in [0, 0.05) is 17.3 Å². The molecule has 2 rings (SSSR count). The van der Waals surface area contributed by atoms with E-state index in [0.717, 1.165) is 25.2 Å². The summed E-state index contributed by atoms with van der Waals surface area (Å²) in [5.41, 5.74) is 0.502. The highest BCUT2D eigenvalue weighted by Crippen LogP contribution is 2.26. The van der Waals surface area contributed by atoms with E-state index in [1.807, 2.05) is 19.1 Å². The third kappa shape index (κ3) is 2.36. The molecule has 1 aromatic carbocycles. The van der Waals surface area contributed by atoms with Gasteiger partial charge in [-0.15, -0.1) is 0 Å². The summed E-state index contributed by atoms with van der Waals surface area (Å²) in [6, 6.07) is 7.16. The molecule has 1 aliphatic heterocycles. The molecule has 1 aromatic rings. The van der Waals surface area contributed by atoms with E-state index in [4.69, 9.17) is 11.6 Å². The fraction of sp³-hybridized carbons (Fsp3) is 0.417. The van der Waals surface area contributed by atoms with E-state index in [-0.39, 0.29) is 11.3 Å². The largest absolute Gasteiger partial charge is 0.326 e. The van der Waals surface area contributed by atoms with Gasteiger partial charge < -0.3 is 10.6 Å². The number of nitrogens with one attached hydrogen (secondary N) is 2. The average molecular weight is 239 g/mol. The smallest absolute Gasteiger partial charge is 0.231 e. The number of hydrogen-bond donors (Lipinski definition) is 2. The maximum atomic E-state index is 12.0. The highest BCUT2D eigenvalue weighted by molar-refractivity contribution is 6.30. The van der Waals surface area contributed by atoms with E-state index in [1.165, 1.54) is 0 Å². The minimum absolute atomic E-state index is 0.0693. The van der Waals surface area contributed by atoms with Crippen LogP contribution in [0.3, 0.4) is 0 Å². The van der Waals surface area contributed by atoms with Crippen LogP contribution in [-0.2, 0) is 4.79 Å². The first kappa shape index (κ1) is 11.4. The molecule has 1 unspecified atom stereocenters. The maximum Gasteiger partial charge on any atom is 0.231 e. The third-order valence-corrected chi connectivity index (χ3v) is 3.27. The number of benzene rings is 1. The second-order valence-corrected chi connectivity index (χ2v) is 4.88. The molecule has 0 radical (unpaired) electrons. The molecule has 1 fully saturated rings. The second-order valence-electron chi connectivity index (χ2n) is 4.45. The monoisotopic (exact) mass is 238 g/mol. The van der Waals surface area contributed by atoms with Gasteiger partial charge in [0.2, 0.25) is 5.91 Å². The molecule has 3 nitrogen and oxygen atoms in total. The van der Waals surface area contributed by atoms with Crippen molar-refractivity contribution in [3.05, 3.63) is 29.3 Å². The highest BCUT2D eigenvalue weighted by Gasteiger charge is 2.36. The predicted molar refractivity (Wildman–Crippen MR) is 65.7 cm³/mol. The molecule has 1 saturated heterocycles. The summed E-state index contributed by atoms with van der Waals surface area (Å²) in [7, 11) is 0. The van der Waals surface area contributed by atoms with Gasteiger partial charge in [-0.1, -0.05) is 11.6 Å². The molecular weight excluding hydrogens is 224 g/mol. The number of halogens is 1. The predicted octanol–water partition coefficient (Wildman–Crippen LogP) is 2.28. The molecule has 86 valence electrons. The second kappa shape index (κ2) is 4.44. The van der Waals surface area contributed by atoms with Gasteiger partial charge in [-0.25, -0.2) is 0 Å². The zero-order valence-corrected chi connectivity index (χ0v) is 9.97. The van der Waals surface area contributed by atoms with Crippen LogP contribution in [0.2, 0.25) is 5.02 Å². The summed E-state index contributed by atoms with van der Waals surface area (Å²) in [6.07, 6.45) is 0.881. The number of amides is 1. The van der Waals surface area contributed by atoms with Crippen LogP contribution in [0.5, 0.6) is 0 Å². The molecule has 1 amide bonds. The van der Waals surface area contributed by atoms with E-state index in [9.17, 15) is 4.79 Å². The SMILES string of the molecule is CC1(C(=O)Nc2ccc(Cl)cc2)CCNC1. The minimum atomic E-state index is -0.292. The topological polar surface area (TPSA) is 41.1 Å². The minimum Gasteiger partial charge on any atom is -0.326 e. The van der Waals surface area contributed by atoms with Gasteiger partial charge in [-0.05, 0) is 44.2 Å². The van der Waals surface area contributed by atoms with Crippen LogP contribution in [-0.4, -0.2) is 19.0 Å². The molecule has 0 saturated carbocycles. The number of hydrogen-bond acceptors (Lipinski definition) is 2. The zero-order chi connectivity index (χ0) is 11.6. The van der Waals surface area contributed by atoms with Crippen LogP contribution in [0, 0.1) is 5.41 Å². The number of anilines is 1. The third-order valence-electron chi connectivity index (χ3n) is 3.02. The van der Waals surface area contributed by atoms with Gasteiger partial charge in [-0.3, -0.25) is 4.79 Å². The van der Waals surface area contributed by atoms with Crippen LogP contribution < -0.4 is 10.6 Å². The molecule has 0 aromatic heterocycles. The van der Waals surface area contributed by atoms with Crippen molar-refractivity contribution >= 4 is 23.2 Å². The standard InChI is InChI=1S/C12H15ClN2O/c1-12(6-7-14-8-12)11(16)15-10-4-2-9(13)3-5-10/h2-5,14H,6-8H2,1H3,(H,15,16). The Bertz CT molecular complexity index is 383. The van der Waals surface area contributed by atoms with Crippen LogP contribution in [0.25, 0.3) is 0 Å². The quantitative estimate of drug-likeness (QED) is 0.830. The van der Waals surface area contributed by atoms with Gasteiger partial charge in [0.1, 0.15) is 0 Å². The molecule has 0 bridgehead atoms. The number of carbonyl (C=O) groups excluding carboxylic acids is 1. The van der Waals surface area contributed by atoms with Crippen molar-refractivity contribution in [2.45, 2.75) is 13.3 Å². The van der Waals surface area contributed by atoms with Crippen molar-refractivity contribution < 1.29 is 4.79 Å². The Morgan fingerprint density at radius 3 is 2.69 bits per heavy atom. The Kier molecular flexibility index (Phi) is 3.17. The zero-order valence-electron chi connectivity index (χ0n) is 9.22. The van der Waals surface area contributed by atoms with E-state index < -0.39 is 0 Å².